The molecule has 0 unspecified atom stereocenters. The first-order valence-corrected chi connectivity index (χ1v) is 2.20. The Hall–Kier alpha value is -1.05. The third-order valence-corrected chi connectivity index (χ3v) is 0.813. The summed E-state index contributed by atoms with van der Waals surface area (Å²) in [6, 6.07) is 0. The highest BCUT2D eigenvalue weighted by Gasteiger charge is 1.98. The number of Topliss-reactive ketones (excluding diaryl/α,β-unsaturated/α-hetero) is 1. The Morgan fingerprint density at radius 2 is 1.88 bits per heavy atom. The van der Waals surface area contributed by atoms with E-state index >= 15 is 0 Å². The summed E-state index contributed by atoms with van der Waals surface area (Å²) in [6.07, 6.45) is 0. The third-order valence-electron chi connectivity index (χ3n) is 0.813. The number of allylic oxidation sites excluding steroid dienone is 1. The second-order valence-corrected chi connectivity index (χ2v) is 1.56. The molecule has 0 aliphatic rings. The molecule has 0 aliphatic carbocycles. The molecule has 8 heavy (non-hydrogen) atoms. The number of hydrogen-bond donors (Lipinski definition) is 1. The van der Waals surface area contributed by atoms with E-state index in [1.165, 1.54) is 6.92 Å². The number of hydrogen-bond acceptors (Lipinski definition) is 2. The lowest BCUT2D eigenvalue weighted by atomic mass is 10.2. The van der Waals surface area contributed by atoms with Crippen LogP contribution in [0.15, 0.2) is 24.4 Å². The Labute approximate surface area is 48.7 Å². The molecule has 0 atom stereocenters. The van der Waals surface area contributed by atoms with Gasteiger partial charge in [0.15, 0.2) is 5.78 Å². The van der Waals surface area contributed by atoms with Crippen LogP contribution in [0.3, 0.4) is 0 Å². The molecular formula is C6H9NO. The molecule has 2 N–H and O–H groups in total. The molecule has 0 aromatic carbocycles. The summed E-state index contributed by atoms with van der Waals surface area (Å²) in [6.45, 7) is 8.12. The molecule has 2 heteroatoms. The molecule has 0 rings (SSSR count). The van der Waals surface area contributed by atoms with Crippen LogP contribution in [0.1, 0.15) is 6.92 Å². The quantitative estimate of drug-likeness (QED) is 0.419. The van der Waals surface area contributed by atoms with Crippen molar-refractivity contribution in [3.05, 3.63) is 24.4 Å². The van der Waals surface area contributed by atoms with Gasteiger partial charge in [-0.15, -0.1) is 0 Å². The van der Waals surface area contributed by atoms with Gasteiger partial charge in [0.1, 0.15) is 0 Å². The first-order valence-electron chi connectivity index (χ1n) is 2.20. The average molecular weight is 111 g/mol. The Balaban J connectivity index is 4.05. The molecule has 0 radical (unpaired) electrons. The third kappa shape index (κ3) is 1.60. The second-order valence-electron chi connectivity index (χ2n) is 1.56. The molecular weight excluding hydrogens is 102 g/mol. The highest BCUT2D eigenvalue weighted by molar-refractivity contribution is 5.96. The maximum atomic E-state index is 10.3. The molecule has 0 amide bonds. The Kier molecular flexibility index (Phi) is 2.00. The lowest BCUT2D eigenvalue weighted by Gasteiger charge is -1.95. The normalized spacial score (nSPS) is 8.12. The van der Waals surface area contributed by atoms with Gasteiger partial charge in [0.25, 0.3) is 0 Å². The predicted octanol–water partition coefficient (Wildman–Crippen LogP) is 0.604. The highest BCUT2D eigenvalue weighted by atomic mass is 16.1. The van der Waals surface area contributed by atoms with Crippen molar-refractivity contribution < 1.29 is 4.79 Å². The largest absolute Gasteiger partial charge is 0.399 e. The first kappa shape index (κ1) is 6.95. The van der Waals surface area contributed by atoms with Gasteiger partial charge < -0.3 is 5.73 Å². The minimum atomic E-state index is -0.127. The van der Waals surface area contributed by atoms with Gasteiger partial charge in [-0.2, -0.15) is 0 Å². The van der Waals surface area contributed by atoms with E-state index in [9.17, 15) is 4.79 Å². The van der Waals surface area contributed by atoms with E-state index in [1.807, 2.05) is 0 Å². The van der Waals surface area contributed by atoms with Crippen molar-refractivity contribution in [2.45, 2.75) is 6.92 Å². The van der Waals surface area contributed by atoms with Gasteiger partial charge in [-0.3, -0.25) is 4.79 Å². The van der Waals surface area contributed by atoms with E-state index < -0.39 is 0 Å². The van der Waals surface area contributed by atoms with Crippen molar-refractivity contribution >= 4 is 5.78 Å². The van der Waals surface area contributed by atoms with Gasteiger partial charge in [0.05, 0.1) is 0 Å². The van der Waals surface area contributed by atoms with Crippen molar-refractivity contribution in [1.29, 1.82) is 0 Å². The van der Waals surface area contributed by atoms with Gasteiger partial charge in [-0.25, -0.2) is 0 Å². The van der Waals surface area contributed by atoms with Crippen LogP contribution in [0, 0.1) is 0 Å². The number of carbonyl (C=O) groups is 1. The molecule has 0 aromatic heterocycles. The zero-order valence-electron chi connectivity index (χ0n) is 4.90. The summed E-state index contributed by atoms with van der Waals surface area (Å²) in [4.78, 5) is 10.3. The van der Waals surface area contributed by atoms with Crippen LogP contribution in [-0.4, -0.2) is 5.78 Å². The molecule has 0 spiro atoms. The van der Waals surface area contributed by atoms with E-state index in [2.05, 4.69) is 13.2 Å². The minimum Gasteiger partial charge on any atom is -0.399 e. The fourth-order valence-corrected chi connectivity index (χ4v) is 0.226. The molecule has 0 aromatic rings. The first-order chi connectivity index (χ1) is 3.55. The van der Waals surface area contributed by atoms with Crippen molar-refractivity contribution in [3.63, 3.8) is 0 Å². The highest BCUT2D eigenvalue weighted by Crippen LogP contribution is 1.96. The van der Waals surface area contributed by atoms with E-state index in [-0.39, 0.29) is 11.5 Å². The summed E-state index contributed by atoms with van der Waals surface area (Å²) < 4.78 is 0. The Morgan fingerprint density at radius 3 is 1.88 bits per heavy atom. The fraction of sp³-hybridized carbons (Fsp3) is 0.167. The molecule has 0 aliphatic heterocycles. The molecule has 0 saturated heterocycles. The lowest BCUT2D eigenvalue weighted by molar-refractivity contribution is -0.113. The van der Waals surface area contributed by atoms with E-state index in [0.29, 0.717) is 5.57 Å². The summed E-state index contributed by atoms with van der Waals surface area (Å²) in [7, 11) is 0. The van der Waals surface area contributed by atoms with E-state index in [4.69, 9.17) is 5.73 Å². The molecule has 0 bridgehead atoms. The zero-order chi connectivity index (χ0) is 6.73. The van der Waals surface area contributed by atoms with Gasteiger partial charge in [0, 0.05) is 11.3 Å². The lowest BCUT2D eigenvalue weighted by Crippen LogP contribution is -2.04. The van der Waals surface area contributed by atoms with Crippen molar-refractivity contribution in [1.82, 2.24) is 0 Å². The number of rotatable bonds is 2. The van der Waals surface area contributed by atoms with Crippen LogP contribution >= 0.6 is 0 Å². The molecule has 0 saturated carbocycles. The van der Waals surface area contributed by atoms with Crippen molar-refractivity contribution in [2.75, 3.05) is 0 Å². The zero-order valence-corrected chi connectivity index (χ0v) is 4.90. The topological polar surface area (TPSA) is 43.1 Å². The maximum Gasteiger partial charge on any atom is 0.161 e. The molecule has 2 nitrogen and oxygen atoms in total. The second kappa shape index (κ2) is 2.31. The summed E-state index contributed by atoms with van der Waals surface area (Å²) >= 11 is 0. The van der Waals surface area contributed by atoms with Crippen LogP contribution in [-0.2, 0) is 4.79 Å². The number of ketones is 1. The smallest absolute Gasteiger partial charge is 0.161 e. The summed E-state index contributed by atoms with van der Waals surface area (Å²) in [5.41, 5.74) is 5.67. The summed E-state index contributed by atoms with van der Waals surface area (Å²) in [5, 5.41) is 0. The number of nitrogens with two attached hydrogens (primary N) is 1. The molecule has 44 valence electrons. The molecule has 0 fully saturated rings. The van der Waals surface area contributed by atoms with Gasteiger partial charge in [0.2, 0.25) is 0 Å². The van der Waals surface area contributed by atoms with Gasteiger partial charge in [-0.1, -0.05) is 13.2 Å². The predicted molar refractivity (Wildman–Crippen MR) is 33.1 cm³/mol. The van der Waals surface area contributed by atoms with Crippen molar-refractivity contribution in [3.8, 4) is 0 Å². The average Bonchev–Trinajstić information content (AvgIpc) is 1.64. The maximum absolute atomic E-state index is 10.3. The van der Waals surface area contributed by atoms with Crippen LogP contribution < -0.4 is 5.73 Å². The fourth-order valence-electron chi connectivity index (χ4n) is 0.226. The number of carbonyl (C=O) groups excluding carboxylic acids is 1. The van der Waals surface area contributed by atoms with Gasteiger partial charge >= 0.3 is 0 Å². The van der Waals surface area contributed by atoms with Crippen LogP contribution in [0.2, 0.25) is 0 Å². The van der Waals surface area contributed by atoms with Crippen LogP contribution in [0.5, 0.6) is 0 Å². The van der Waals surface area contributed by atoms with E-state index in [0.717, 1.165) is 0 Å². The standard InChI is InChI=1S/C6H9NO/c1-4(5(2)7)6(3)8/h1-2,7H2,3H3. The Morgan fingerprint density at radius 1 is 1.50 bits per heavy atom. The minimum absolute atomic E-state index is 0.127. The van der Waals surface area contributed by atoms with Gasteiger partial charge in [-0.05, 0) is 6.92 Å². The van der Waals surface area contributed by atoms with Crippen LogP contribution in [0.4, 0.5) is 0 Å². The summed E-state index contributed by atoms with van der Waals surface area (Å²) in [5.74, 6) is -0.127. The Bertz CT molecular complexity index is 131. The van der Waals surface area contributed by atoms with E-state index in [1.54, 1.807) is 0 Å². The van der Waals surface area contributed by atoms with Crippen LogP contribution in [0.25, 0.3) is 0 Å². The monoisotopic (exact) mass is 111 g/mol. The van der Waals surface area contributed by atoms with Crippen molar-refractivity contribution in [2.24, 2.45) is 5.73 Å². The SMILES string of the molecule is C=C(N)C(=C)C(C)=O. The molecule has 0 heterocycles.